The zero-order valence-electron chi connectivity index (χ0n) is 7.66. The van der Waals surface area contributed by atoms with Crippen LogP contribution < -0.4 is 5.32 Å². The van der Waals surface area contributed by atoms with Crippen LogP contribution >= 0.6 is 0 Å². The Kier molecular flexibility index (Phi) is 4.06. The highest BCUT2D eigenvalue weighted by atomic mass is 16.3. The van der Waals surface area contributed by atoms with Gasteiger partial charge >= 0.3 is 0 Å². The number of benzene rings is 1. The molecule has 1 aromatic rings. The van der Waals surface area contributed by atoms with Crippen LogP contribution in [0.5, 0.6) is 5.75 Å². The second-order valence-electron chi connectivity index (χ2n) is 2.92. The first-order valence-corrected chi connectivity index (χ1v) is 4.42. The predicted molar refractivity (Wildman–Crippen MR) is 54.6 cm³/mol. The zero-order valence-corrected chi connectivity index (χ0v) is 7.66. The summed E-state index contributed by atoms with van der Waals surface area (Å²) in [5.74, 6) is 0.315. The van der Waals surface area contributed by atoms with Crippen molar-refractivity contribution in [2.24, 2.45) is 0 Å². The van der Waals surface area contributed by atoms with Crippen LogP contribution in [0.1, 0.15) is 12.0 Å². The molecule has 0 saturated heterocycles. The van der Waals surface area contributed by atoms with E-state index in [0.29, 0.717) is 5.75 Å². The lowest BCUT2D eigenvalue weighted by atomic mass is 10.2. The van der Waals surface area contributed by atoms with Crippen molar-refractivity contribution in [2.45, 2.75) is 13.0 Å². The van der Waals surface area contributed by atoms with Crippen molar-refractivity contribution in [3.05, 3.63) is 42.5 Å². The van der Waals surface area contributed by atoms with Crippen LogP contribution in [0.4, 0.5) is 0 Å². The van der Waals surface area contributed by atoms with Gasteiger partial charge in [0.05, 0.1) is 0 Å². The molecule has 2 N–H and O–H groups in total. The summed E-state index contributed by atoms with van der Waals surface area (Å²) in [5.41, 5.74) is 1.18. The van der Waals surface area contributed by atoms with Gasteiger partial charge in [0.1, 0.15) is 5.75 Å². The van der Waals surface area contributed by atoms with Crippen molar-refractivity contribution in [3.63, 3.8) is 0 Å². The molecule has 0 aromatic heterocycles. The third kappa shape index (κ3) is 3.76. The van der Waals surface area contributed by atoms with E-state index in [9.17, 15) is 0 Å². The van der Waals surface area contributed by atoms with E-state index >= 15 is 0 Å². The molecule has 0 radical (unpaired) electrons. The number of phenolic OH excluding ortho intramolecular Hbond substituents is 1. The van der Waals surface area contributed by atoms with E-state index in [1.165, 1.54) is 5.56 Å². The molecule has 1 rings (SSSR count). The monoisotopic (exact) mass is 177 g/mol. The lowest BCUT2D eigenvalue weighted by molar-refractivity contribution is 0.475. The first-order valence-electron chi connectivity index (χ1n) is 4.42. The molecule has 0 unspecified atom stereocenters. The highest BCUT2D eigenvalue weighted by molar-refractivity contribution is 5.25. The predicted octanol–water partition coefficient (Wildman–Crippen LogP) is 2.06. The minimum Gasteiger partial charge on any atom is -0.508 e. The van der Waals surface area contributed by atoms with Gasteiger partial charge in [0.15, 0.2) is 0 Å². The zero-order chi connectivity index (χ0) is 9.52. The highest BCUT2D eigenvalue weighted by Crippen LogP contribution is 2.08. The summed E-state index contributed by atoms with van der Waals surface area (Å²) in [6.45, 7) is 5.43. The summed E-state index contributed by atoms with van der Waals surface area (Å²) in [4.78, 5) is 0. The summed E-state index contributed by atoms with van der Waals surface area (Å²) in [7, 11) is 0. The standard InChI is InChI=1S/C11H15NO/c1-2-3-8-12-9-10-4-6-11(13)7-5-10/h2,4-7,12-13H,1,3,8-9H2. The average molecular weight is 177 g/mol. The van der Waals surface area contributed by atoms with E-state index < -0.39 is 0 Å². The fraction of sp³-hybridized carbons (Fsp3) is 0.273. The van der Waals surface area contributed by atoms with E-state index in [1.807, 2.05) is 18.2 Å². The number of nitrogens with one attached hydrogen (secondary N) is 1. The van der Waals surface area contributed by atoms with Crippen molar-refractivity contribution >= 4 is 0 Å². The number of phenols is 1. The summed E-state index contributed by atoms with van der Waals surface area (Å²) in [6, 6.07) is 7.22. The van der Waals surface area contributed by atoms with Gasteiger partial charge in [-0.05, 0) is 30.7 Å². The number of hydrogen-bond acceptors (Lipinski definition) is 2. The van der Waals surface area contributed by atoms with Crippen LogP contribution in [-0.2, 0) is 6.54 Å². The van der Waals surface area contributed by atoms with Gasteiger partial charge in [-0.3, -0.25) is 0 Å². The average Bonchev–Trinajstić information content (AvgIpc) is 2.15. The quantitative estimate of drug-likeness (QED) is 0.533. The molecular weight excluding hydrogens is 162 g/mol. The number of rotatable bonds is 5. The first-order chi connectivity index (χ1) is 6.33. The van der Waals surface area contributed by atoms with E-state index in [-0.39, 0.29) is 0 Å². The summed E-state index contributed by atoms with van der Waals surface area (Å²) >= 11 is 0. The van der Waals surface area contributed by atoms with Crippen molar-refractivity contribution in [1.82, 2.24) is 5.32 Å². The lowest BCUT2D eigenvalue weighted by Gasteiger charge is -2.02. The van der Waals surface area contributed by atoms with Crippen LogP contribution in [0.3, 0.4) is 0 Å². The Morgan fingerprint density at radius 1 is 1.31 bits per heavy atom. The Balaban J connectivity index is 2.28. The van der Waals surface area contributed by atoms with E-state index in [0.717, 1.165) is 19.5 Å². The molecule has 0 amide bonds. The van der Waals surface area contributed by atoms with Gasteiger partial charge in [-0.15, -0.1) is 6.58 Å². The van der Waals surface area contributed by atoms with Gasteiger partial charge < -0.3 is 10.4 Å². The summed E-state index contributed by atoms with van der Waals surface area (Å²) in [5, 5.41) is 12.3. The van der Waals surface area contributed by atoms with Gasteiger partial charge in [-0.1, -0.05) is 18.2 Å². The molecular formula is C11H15NO. The van der Waals surface area contributed by atoms with Gasteiger partial charge in [0.2, 0.25) is 0 Å². The second-order valence-corrected chi connectivity index (χ2v) is 2.92. The van der Waals surface area contributed by atoms with Gasteiger partial charge in [-0.2, -0.15) is 0 Å². The fourth-order valence-corrected chi connectivity index (χ4v) is 1.05. The van der Waals surface area contributed by atoms with Crippen molar-refractivity contribution in [2.75, 3.05) is 6.54 Å². The molecule has 0 fully saturated rings. The SMILES string of the molecule is C=CCCNCc1ccc(O)cc1. The lowest BCUT2D eigenvalue weighted by Crippen LogP contribution is -2.13. The topological polar surface area (TPSA) is 32.3 Å². The Bertz CT molecular complexity index is 253. The molecule has 0 heterocycles. The van der Waals surface area contributed by atoms with Crippen LogP contribution in [0, 0.1) is 0 Å². The maximum absolute atomic E-state index is 9.03. The molecule has 0 aliphatic heterocycles. The molecule has 0 atom stereocenters. The molecule has 13 heavy (non-hydrogen) atoms. The van der Waals surface area contributed by atoms with E-state index in [2.05, 4.69) is 11.9 Å². The van der Waals surface area contributed by atoms with E-state index in [1.54, 1.807) is 12.1 Å². The van der Waals surface area contributed by atoms with Crippen molar-refractivity contribution in [3.8, 4) is 5.75 Å². The van der Waals surface area contributed by atoms with Crippen molar-refractivity contribution < 1.29 is 5.11 Å². The molecule has 1 aromatic carbocycles. The van der Waals surface area contributed by atoms with Gasteiger partial charge in [0.25, 0.3) is 0 Å². The largest absolute Gasteiger partial charge is 0.508 e. The molecule has 0 saturated carbocycles. The molecule has 2 nitrogen and oxygen atoms in total. The van der Waals surface area contributed by atoms with Crippen molar-refractivity contribution in [1.29, 1.82) is 0 Å². The Morgan fingerprint density at radius 3 is 2.62 bits per heavy atom. The second kappa shape index (κ2) is 5.38. The molecule has 70 valence electrons. The molecule has 2 heteroatoms. The highest BCUT2D eigenvalue weighted by Gasteiger charge is 1.91. The third-order valence-corrected chi connectivity index (χ3v) is 1.79. The molecule has 0 aliphatic carbocycles. The minimum atomic E-state index is 0.315. The Labute approximate surface area is 78.9 Å². The Hall–Kier alpha value is -1.28. The molecule has 0 spiro atoms. The van der Waals surface area contributed by atoms with Gasteiger partial charge in [0, 0.05) is 6.54 Å². The number of hydrogen-bond donors (Lipinski definition) is 2. The summed E-state index contributed by atoms with van der Waals surface area (Å²) in [6.07, 6.45) is 2.88. The maximum atomic E-state index is 9.03. The maximum Gasteiger partial charge on any atom is 0.115 e. The third-order valence-electron chi connectivity index (χ3n) is 1.79. The Morgan fingerprint density at radius 2 is 2.00 bits per heavy atom. The molecule has 0 aliphatic rings. The smallest absolute Gasteiger partial charge is 0.115 e. The fourth-order valence-electron chi connectivity index (χ4n) is 1.05. The van der Waals surface area contributed by atoms with Crippen LogP contribution in [-0.4, -0.2) is 11.7 Å². The normalized spacial score (nSPS) is 9.85. The van der Waals surface area contributed by atoms with Crippen LogP contribution in [0.25, 0.3) is 0 Å². The first kappa shape index (κ1) is 9.81. The van der Waals surface area contributed by atoms with Crippen LogP contribution in [0.15, 0.2) is 36.9 Å². The summed E-state index contributed by atoms with van der Waals surface area (Å²) < 4.78 is 0. The number of aromatic hydroxyl groups is 1. The minimum absolute atomic E-state index is 0.315. The van der Waals surface area contributed by atoms with Crippen LogP contribution in [0.2, 0.25) is 0 Å². The van der Waals surface area contributed by atoms with Gasteiger partial charge in [-0.25, -0.2) is 0 Å². The van der Waals surface area contributed by atoms with E-state index in [4.69, 9.17) is 5.11 Å². The molecule has 0 bridgehead atoms.